The molecule has 4 aliphatic heterocycles. The minimum absolute atomic E-state index is 0.185. The molecule has 4 heterocycles. The Bertz CT molecular complexity index is 497. The Hall–Kier alpha value is -1.13. The molecular formula is C13H13NO3. The number of piperidine rings is 1. The lowest BCUT2D eigenvalue weighted by atomic mass is 9.80. The van der Waals surface area contributed by atoms with E-state index in [0.717, 1.165) is 25.0 Å². The van der Waals surface area contributed by atoms with Gasteiger partial charge in [0.1, 0.15) is 6.10 Å². The Morgan fingerprint density at radius 2 is 2.41 bits per heavy atom. The van der Waals surface area contributed by atoms with Gasteiger partial charge in [0.05, 0.1) is 12.1 Å². The van der Waals surface area contributed by atoms with E-state index in [9.17, 15) is 4.79 Å². The smallest absolute Gasteiger partial charge is 0.332 e. The van der Waals surface area contributed by atoms with Gasteiger partial charge in [-0.3, -0.25) is 4.90 Å². The highest BCUT2D eigenvalue weighted by Gasteiger charge is 2.68. The van der Waals surface area contributed by atoms with E-state index in [1.165, 1.54) is 0 Å². The summed E-state index contributed by atoms with van der Waals surface area (Å²) in [6.45, 7) is 1.06. The molecule has 5 rings (SSSR count). The lowest BCUT2D eigenvalue weighted by Crippen LogP contribution is -2.52. The van der Waals surface area contributed by atoms with Gasteiger partial charge in [0, 0.05) is 30.7 Å². The third-order valence-corrected chi connectivity index (χ3v) is 4.92. The highest BCUT2D eigenvalue weighted by Crippen LogP contribution is 2.55. The number of hydrogen-bond acceptors (Lipinski definition) is 4. The predicted molar refractivity (Wildman–Crippen MR) is 58.2 cm³/mol. The van der Waals surface area contributed by atoms with Gasteiger partial charge in [-0.25, -0.2) is 4.79 Å². The minimum Gasteiger partial charge on any atom is -0.449 e. The van der Waals surface area contributed by atoms with Gasteiger partial charge in [-0.15, -0.1) is 0 Å². The van der Waals surface area contributed by atoms with E-state index in [1.54, 1.807) is 6.08 Å². The van der Waals surface area contributed by atoms with Crippen molar-refractivity contribution in [3.63, 3.8) is 0 Å². The zero-order chi connectivity index (χ0) is 11.2. The first-order chi connectivity index (χ1) is 8.28. The summed E-state index contributed by atoms with van der Waals surface area (Å²) >= 11 is 0. The number of fused-ring (bicyclic) bond motifs is 5. The summed E-state index contributed by atoms with van der Waals surface area (Å²) in [6, 6.07) is 0.673. The van der Waals surface area contributed by atoms with Crippen molar-refractivity contribution in [1.82, 2.24) is 4.90 Å². The SMILES string of the molecule is O=C1C=C2C=C[C@@H]3C[C@@]2(O1)[C@@H]1[C@H]2O[C@H]2CCN31. The van der Waals surface area contributed by atoms with Gasteiger partial charge in [0.2, 0.25) is 0 Å². The number of epoxide rings is 1. The van der Waals surface area contributed by atoms with Gasteiger partial charge < -0.3 is 9.47 Å². The first-order valence-corrected chi connectivity index (χ1v) is 6.32. The van der Waals surface area contributed by atoms with Crippen LogP contribution in [0.5, 0.6) is 0 Å². The molecule has 1 aliphatic carbocycles. The van der Waals surface area contributed by atoms with Crippen LogP contribution in [-0.2, 0) is 14.3 Å². The van der Waals surface area contributed by atoms with Gasteiger partial charge in [-0.1, -0.05) is 12.2 Å². The predicted octanol–water partition coefficient (Wildman–Crippen LogP) is 0.392. The average Bonchev–Trinajstić information content (AvgIpc) is 2.96. The summed E-state index contributed by atoms with van der Waals surface area (Å²) in [5, 5.41) is 0. The molecule has 3 fully saturated rings. The van der Waals surface area contributed by atoms with E-state index in [2.05, 4.69) is 17.1 Å². The van der Waals surface area contributed by atoms with Crippen LogP contribution in [0.4, 0.5) is 0 Å². The maximum atomic E-state index is 11.6. The molecule has 0 unspecified atom stereocenters. The van der Waals surface area contributed by atoms with Gasteiger partial charge in [-0.05, 0) is 6.42 Å². The molecule has 0 amide bonds. The number of hydrogen-bond donors (Lipinski definition) is 0. The molecule has 0 N–H and O–H groups in total. The van der Waals surface area contributed by atoms with Crippen molar-refractivity contribution in [1.29, 1.82) is 0 Å². The topological polar surface area (TPSA) is 42.1 Å². The molecule has 4 heteroatoms. The Morgan fingerprint density at radius 1 is 1.47 bits per heavy atom. The van der Waals surface area contributed by atoms with E-state index in [-0.39, 0.29) is 18.1 Å². The fourth-order valence-corrected chi connectivity index (χ4v) is 4.21. The average molecular weight is 231 g/mol. The third-order valence-electron chi connectivity index (χ3n) is 4.92. The maximum Gasteiger partial charge on any atom is 0.332 e. The molecule has 0 radical (unpaired) electrons. The van der Waals surface area contributed by atoms with Gasteiger partial charge in [0.25, 0.3) is 0 Å². The van der Waals surface area contributed by atoms with E-state index in [0.29, 0.717) is 12.1 Å². The number of rotatable bonds is 0. The molecule has 0 aromatic rings. The molecule has 2 bridgehead atoms. The van der Waals surface area contributed by atoms with Crippen molar-refractivity contribution in [2.75, 3.05) is 6.54 Å². The van der Waals surface area contributed by atoms with Crippen LogP contribution in [-0.4, -0.2) is 47.3 Å². The molecule has 5 aliphatic rings. The number of carbonyl (C=O) groups excluding carboxylic acids is 1. The highest BCUT2D eigenvalue weighted by atomic mass is 16.6. The molecule has 0 saturated carbocycles. The monoisotopic (exact) mass is 231 g/mol. The van der Waals surface area contributed by atoms with Crippen LogP contribution in [0.25, 0.3) is 0 Å². The summed E-state index contributed by atoms with van der Waals surface area (Å²) in [5.74, 6) is -0.185. The quantitative estimate of drug-likeness (QED) is 0.447. The lowest BCUT2D eigenvalue weighted by molar-refractivity contribution is -0.148. The number of ether oxygens (including phenoxy) is 2. The Kier molecular flexibility index (Phi) is 1.30. The van der Waals surface area contributed by atoms with E-state index in [1.807, 2.05) is 0 Å². The summed E-state index contributed by atoms with van der Waals surface area (Å²) in [5.41, 5.74) is 0.665. The lowest BCUT2D eigenvalue weighted by Gasteiger charge is -2.35. The van der Waals surface area contributed by atoms with Crippen molar-refractivity contribution < 1.29 is 14.3 Å². The van der Waals surface area contributed by atoms with Crippen LogP contribution in [0, 0.1) is 0 Å². The molecule has 3 saturated heterocycles. The summed E-state index contributed by atoms with van der Waals surface area (Å²) < 4.78 is 11.5. The second-order valence-electron chi connectivity index (χ2n) is 5.65. The van der Waals surface area contributed by atoms with Crippen molar-refractivity contribution in [2.24, 2.45) is 0 Å². The second kappa shape index (κ2) is 2.49. The molecule has 1 spiro atoms. The van der Waals surface area contributed by atoms with Gasteiger partial charge in [0.15, 0.2) is 5.60 Å². The molecular weight excluding hydrogens is 218 g/mol. The highest BCUT2D eigenvalue weighted by molar-refractivity contribution is 5.88. The van der Waals surface area contributed by atoms with Crippen molar-refractivity contribution in [3.05, 3.63) is 23.8 Å². The molecule has 17 heavy (non-hydrogen) atoms. The molecule has 88 valence electrons. The first-order valence-electron chi connectivity index (χ1n) is 6.32. The van der Waals surface area contributed by atoms with Crippen LogP contribution in [0.3, 0.4) is 0 Å². The fourth-order valence-electron chi connectivity index (χ4n) is 4.21. The third kappa shape index (κ3) is 0.881. The number of nitrogens with zero attached hydrogens (tertiary/aromatic N) is 1. The molecule has 5 atom stereocenters. The Balaban J connectivity index is 1.69. The van der Waals surface area contributed by atoms with Crippen LogP contribution < -0.4 is 0 Å². The van der Waals surface area contributed by atoms with E-state index >= 15 is 0 Å². The second-order valence-corrected chi connectivity index (χ2v) is 5.65. The van der Waals surface area contributed by atoms with E-state index in [4.69, 9.17) is 9.47 Å². The number of carbonyl (C=O) groups is 1. The summed E-state index contributed by atoms with van der Waals surface area (Å²) in [4.78, 5) is 14.1. The maximum absolute atomic E-state index is 11.6. The minimum atomic E-state index is -0.393. The number of esters is 1. The first kappa shape index (κ1) is 8.89. The standard InChI is InChI=1S/C13H13NO3/c15-10-5-7-1-2-8-6-13(7,17-10)12-11-9(16-11)3-4-14(8)12/h1-2,5,8-9,11-12H,3-4,6H2/t8-,9+,11+,12+,13+/m1/s1. The van der Waals surface area contributed by atoms with Gasteiger partial charge in [-0.2, -0.15) is 0 Å². The van der Waals surface area contributed by atoms with E-state index < -0.39 is 5.60 Å². The van der Waals surface area contributed by atoms with Gasteiger partial charge >= 0.3 is 5.97 Å². The Labute approximate surface area is 98.9 Å². The van der Waals surface area contributed by atoms with Crippen LogP contribution in [0.15, 0.2) is 23.8 Å². The van der Waals surface area contributed by atoms with Crippen molar-refractivity contribution in [2.45, 2.75) is 42.7 Å². The zero-order valence-electron chi connectivity index (χ0n) is 9.33. The van der Waals surface area contributed by atoms with Crippen molar-refractivity contribution >= 4 is 5.97 Å². The largest absolute Gasteiger partial charge is 0.449 e. The molecule has 4 nitrogen and oxygen atoms in total. The summed E-state index contributed by atoms with van der Waals surface area (Å²) in [6.07, 6.45) is 8.67. The van der Waals surface area contributed by atoms with Crippen LogP contribution in [0.1, 0.15) is 12.8 Å². The fraction of sp³-hybridized carbons (Fsp3) is 0.615. The van der Waals surface area contributed by atoms with Crippen molar-refractivity contribution in [3.8, 4) is 0 Å². The van der Waals surface area contributed by atoms with Crippen LogP contribution >= 0.6 is 0 Å². The zero-order valence-corrected chi connectivity index (χ0v) is 9.33. The van der Waals surface area contributed by atoms with Crippen LogP contribution in [0.2, 0.25) is 0 Å². The summed E-state index contributed by atoms with van der Waals surface area (Å²) in [7, 11) is 0. The molecule has 0 aromatic carbocycles. The normalized spacial score (nSPS) is 53.6. The Morgan fingerprint density at radius 3 is 3.35 bits per heavy atom. The molecule has 0 aromatic heterocycles.